The number of hydrogen-bond donors (Lipinski definition) is 2. The number of aromatic nitrogens is 3. The van der Waals surface area contributed by atoms with Crippen LogP contribution in [-0.2, 0) is 4.79 Å². The Morgan fingerprint density at radius 2 is 1.96 bits per heavy atom. The van der Waals surface area contributed by atoms with E-state index in [-0.39, 0.29) is 18.2 Å². The van der Waals surface area contributed by atoms with Crippen molar-refractivity contribution in [1.82, 2.24) is 20.7 Å². The van der Waals surface area contributed by atoms with Crippen molar-refractivity contribution in [2.45, 2.75) is 6.92 Å². The SMILES string of the molecule is CNc1cc(C)on1.O=CNC(=O)c1nnc(-c2ccccc2)o1. The van der Waals surface area contributed by atoms with Gasteiger partial charge in [0.05, 0.1) is 0 Å². The van der Waals surface area contributed by atoms with E-state index in [4.69, 9.17) is 8.94 Å². The summed E-state index contributed by atoms with van der Waals surface area (Å²) in [5.74, 6) is 0.879. The first-order valence-corrected chi connectivity index (χ1v) is 6.88. The highest BCUT2D eigenvalue weighted by molar-refractivity contribution is 5.96. The van der Waals surface area contributed by atoms with Gasteiger partial charge >= 0.3 is 11.8 Å². The van der Waals surface area contributed by atoms with Crippen LogP contribution < -0.4 is 10.6 Å². The van der Waals surface area contributed by atoms with Crippen LogP contribution in [0.4, 0.5) is 5.82 Å². The summed E-state index contributed by atoms with van der Waals surface area (Å²) in [6.07, 6.45) is 0.259. The molecule has 0 unspecified atom stereocenters. The fraction of sp³-hybridized carbons (Fsp3) is 0.133. The molecule has 0 aliphatic carbocycles. The van der Waals surface area contributed by atoms with Gasteiger partial charge in [0.2, 0.25) is 12.3 Å². The van der Waals surface area contributed by atoms with Gasteiger partial charge in [0.1, 0.15) is 5.76 Å². The number of carbonyl (C=O) groups excluding carboxylic acids is 2. The summed E-state index contributed by atoms with van der Waals surface area (Å²) >= 11 is 0. The molecule has 0 fully saturated rings. The van der Waals surface area contributed by atoms with Gasteiger partial charge < -0.3 is 14.3 Å². The van der Waals surface area contributed by atoms with Crippen LogP contribution in [0.2, 0.25) is 0 Å². The molecular formula is C15H15N5O4. The molecule has 3 rings (SSSR count). The maximum atomic E-state index is 11.2. The van der Waals surface area contributed by atoms with Crippen LogP contribution in [0.25, 0.3) is 11.5 Å². The highest BCUT2D eigenvalue weighted by Gasteiger charge is 2.14. The fourth-order valence-electron chi connectivity index (χ4n) is 1.61. The molecule has 0 saturated carbocycles. The molecule has 0 aliphatic rings. The van der Waals surface area contributed by atoms with Crippen molar-refractivity contribution in [3.05, 3.63) is 48.0 Å². The Bertz CT molecular complexity index is 797. The number of carbonyl (C=O) groups is 2. The molecule has 1 aromatic carbocycles. The Labute approximate surface area is 137 Å². The van der Waals surface area contributed by atoms with E-state index >= 15 is 0 Å². The number of nitrogens with zero attached hydrogens (tertiary/aromatic N) is 3. The minimum atomic E-state index is -0.718. The lowest BCUT2D eigenvalue weighted by Crippen LogP contribution is -2.21. The van der Waals surface area contributed by atoms with Gasteiger partial charge in [0, 0.05) is 18.7 Å². The van der Waals surface area contributed by atoms with Crippen LogP contribution in [0.1, 0.15) is 16.4 Å². The maximum absolute atomic E-state index is 11.2. The Morgan fingerprint density at radius 1 is 1.21 bits per heavy atom. The van der Waals surface area contributed by atoms with Crippen molar-refractivity contribution in [3.8, 4) is 11.5 Å². The predicted molar refractivity (Wildman–Crippen MR) is 84.1 cm³/mol. The number of benzene rings is 1. The predicted octanol–water partition coefficient (Wildman–Crippen LogP) is 1.65. The zero-order valence-electron chi connectivity index (χ0n) is 13.0. The second-order valence-electron chi connectivity index (χ2n) is 4.44. The third-order valence-electron chi connectivity index (χ3n) is 2.71. The van der Waals surface area contributed by atoms with Gasteiger partial charge in [-0.05, 0) is 19.1 Å². The Kier molecular flexibility index (Phi) is 5.78. The summed E-state index contributed by atoms with van der Waals surface area (Å²) in [5, 5.41) is 15.6. The minimum absolute atomic E-state index is 0.233. The van der Waals surface area contributed by atoms with Crippen molar-refractivity contribution in [2.75, 3.05) is 12.4 Å². The first-order valence-electron chi connectivity index (χ1n) is 6.88. The summed E-state index contributed by atoms with van der Waals surface area (Å²) in [6.45, 7) is 1.86. The van der Waals surface area contributed by atoms with Crippen LogP contribution in [-0.4, -0.2) is 34.7 Å². The normalized spacial score (nSPS) is 9.58. The van der Waals surface area contributed by atoms with E-state index in [1.165, 1.54) is 0 Å². The van der Waals surface area contributed by atoms with Crippen molar-refractivity contribution in [2.24, 2.45) is 0 Å². The molecule has 0 saturated heterocycles. The maximum Gasteiger partial charge on any atom is 0.315 e. The molecule has 9 heteroatoms. The fourth-order valence-corrected chi connectivity index (χ4v) is 1.61. The number of amides is 2. The van der Waals surface area contributed by atoms with E-state index in [0.29, 0.717) is 5.56 Å². The summed E-state index contributed by atoms with van der Waals surface area (Å²) in [7, 11) is 1.80. The van der Waals surface area contributed by atoms with Crippen molar-refractivity contribution in [1.29, 1.82) is 0 Å². The Morgan fingerprint density at radius 3 is 2.50 bits per heavy atom. The van der Waals surface area contributed by atoms with Gasteiger partial charge in [0.25, 0.3) is 0 Å². The average molecular weight is 329 g/mol. The molecule has 0 bridgehead atoms. The number of nitrogens with one attached hydrogen (secondary N) is 2. The van der Waals surface area contributed by atoms with E-state index in [1.807, 2.05) is 36.5 Å². The van der Waals surface area contributed by atoms with E-state index in [1.54, 1.807) is 19.2 Å². The third-order valence-corrected chi connectivity index (χ3v) is 2.71. The van der Waals surface area contributed by atoms with Crippen LogP contribution in [0.5, 0.6) is 0 Å². The molecule has 124 valence electrons. The lowest BCUT2D eigenvalue weighted by molar-refractivity contribution is -0.108. The van der Waals surface area contributed by atoms with Crippen molar-refractivity contribution in [3.63, 3.8) is 0 Å². The molecule has 0 atom stereocenters. The number of rotatable bonds is 4. The smallest absolute Gasteiger partial charge is 0.315 e. The molecule has 2 heterocycles. The van der Waals surface area contributed by atoms with Crippen LogP contribution >= 0.6 is 0 Å². The molecule has 2 N–H and O–H groups in total. The van der Waals surface area contributed by atoms with E-state index in [0.717, 1.165) is 11.6 Å². The molecule has 3 aromatic rings. The molecule has 0 aliphatic heterocycles. The average Bonchev–Trinajstić information content (AvgIpc) is 3.25. The van der Waals surface area contributed by atoms with Gasteiger partial charge in [-0.2, -0.15) is 0 Å². The van der Waals surface area contributed by atoms with Gasteiger partial charge in [-0.3, -0.25) is 14.9 Å². The van der Waals surface area contributed by atoms with Crippen molar-refractivity contribution < 1.29 is 18.5 Å². The van der Waals surface area contributed by atoms with Gasteiger partial charge in [-0.1, -0.05) is 23.4 Å². The highest BCUT2D eigenvalue weighted by atomic mass is 16.5. The molecule has 24 heavy (non-hydrogen) atoms. The Hall–Kier alpha value is -3.49. The first-order chi connectivity index (χ1) is 11.6. The van der Waals surface area contributed by atoms with E-state index in [2.05, 4.69) is 20.7 Å². The summed E-state index contributed by atoms with van der Waals surface area (Å²) in [6, 6.07) is 10.8. The summed E-state index contributed by atoms with van der Waals surface area (Å²) in [4.78, 5) is 21.2. The number of hydrogen-bond acceptors (Lipinski definition) is 8. The molecule has 2 aromatic heterocycles. The monoisotopic (exact) mass is 329 g/mol. The van der Waals surface area contributed by atoms with Crippen molar-refractivity contribution >= 4 is 18.1 Å². The Balaban J connectivity index is 0.000000219. The molecule has 9 nitrogen and oxygen atoms in total. The van der Waals surface area contributed by atoms with Gasteiger partial charge in [0.15, 0.2) is 5.82 Å². The highest BCUT2D eigenvalue weighted by Crippen LogP contribution is 2.16. The largest absolute Gasteiger partial charge is 0.412 e. The summed E-state index contributed by atoms with van der Waals surface area (Å²) in [5.41, 5.74) is 0.708. The molecule has 0 radical (unpaired) electrons. The topological polar surface area (TPSA) is 123 Å². The molecule has 2 amide bonds. The van der Waals surface area contributed by atoms with Crippen LogP contribution in [0.3, 0.4) is 0 Å². The zero-order valence-corrected chi connectivity index (χ0v) is 13.0. The molecule has 0 spiro atoms. The van der Waals surface area contributed by atoms with Gasteiger partial charge in [-0.25, -0.2) is 0 Å². The lowest BCUT2D eigenvalue weighted by atomic mass is 10.2. The zero-order chi connectivity index (χ0) is 17.4. The third kappa shape index (κ3) is 4.50. The van der Waals surface area contributed by atoms with E-state index < -0.39 is 5.91 Å². The number of aryl methyl sites for hydroxylation is 1. The lowest BCUT2D eigenvalue weighted by Gasteiger charge is -1.92. The quantitative estimate of drug-likeness (QED) is 0.693. The minimum Gasteiger partial charge on any atom is -0.412 e. The van der Waals surface area contributed by atoms with Crippen LogP contribution in [0, 0.1) is 6.92 Å². The second-order valence-corrected chi connectivity index (χ2v) is 4.44. The van der Waals surface area contributed by atoms with Gasteiger partial charge in [-0.15, -0.1) is 10.2 Å². The van der Waals surface area contributed by atoms with Crippen LogP contribution in [0.15, 0.2) is 45.3 Å². The summed E-state index contributed by atoms with van der Waals surface area (Å²) < 4.78 is 9.83. The molecular weight excluding hydrogens is 314 g/mol. The van der Waals surface area contributed by atoms with E-state index in [9.17, 15) is 9.59 Å². The number of imide groups is 1. The first kappa shape index (κ1) is 16.9. The standard InChI is InChI=1S/C10H7N3O3.C5H8N2O/c14-6-11-8(15)10-13-12-9(16-10)7-4-2-1-3-5-7;1-4-3-5(6-2)7-8-4/h1-6H,(H,11,14,15);3H,1-2H3,(H,6,7). The second kappa shape index (κ2) is 8.22. The number of anilines is 1.